The van der Waals surface area contributed by atoms with Crippen LogP contribution in [0.3, 0.4) is 0 Å². The van der Waals surface area contributed by atoms with Gasteiger partial charge in [-0.3, -0.25) is 9.59 Å². The molecule has 1 aliphatic carbocycles. The second kappa shape index (κ2) is 6.05. The number of carbonyl (C=O) groups excluding carboxylic acids is 2. The van der Waals surface area contributed by atoms with Crippen molar-refractivity contribution >= 4 is 11.9 Å². The Morgan fingerprint density at radius 2 is 1.89 bits per heavy atom. The summed E-state index contributed by atoms with van der Waals surface area (Å²) in [7, 11) is 1.34. The minimum Gasteiger partial charge on any atom is -0.469 e. The van der Waals surface area contributed by atoms with Crippen molar-refractivity contribution in [1.29, 1.82) is 5.26 Å². The summed E-state index contributed by atoms with van der Waals surface area (Å²) < 4.78 is 4.73. The molecule has 1 rings (SSSR count). The summed E-state index contributed by atoms with van der Waals surface area (Å²) in [6.07, 6.45) is 2.19. The molecule has 1 N–H and O–H groups in total. The number of hydrogen-bond acceptors (Lipinski definition) is 4. The molecule has 0 aromatic rings. The van der Waals surface area contributed by atoms with Gasteiger partial charge in [0.25, 0.3) is 0 Å². The smallest absolute Gasteiger partial charge is 0.309 e. The second-order valence-corrected chi connectivity index (χ2v) is 6.10. The van der Waals surface area contributed by atoms with Gasteiger partial charge in [0.15, 0.2) is 0 Å². The number of carbonyl (C=O) groups is 2. The van der Waals surface area contributed by atoms with Gasteiger partial charge in [-0.05, 0) is 18.3 Å². The van der Waals surface area contributed by atoms with Crippen LogP contribution in [0.1, 0.15) is 40.0 Å². The van der Waals surface area contributed by atoms with Gasteiger partial charge < -0.3 is 10.1 Å². The van der Waals surface area contributed by atoms with Crippen molar-refractivity contribution in [1.82, 2.24) is 5.32 Å². The number of methoxy groups -OCH3 is 1. The van der Waals surface area contributed by atoms with E-state index < -0.39 is 6.04 Å². The number of nitrogens with zero attached hydrogens (tertiary/aromatic N) is 1. The van der Waals surface area contributed by atoms with Crippen LogP contribution in [0.25, 0.3) is 0 Å². The molecule has 1 fully saturated rings. The third kappa shape index (κ3) is 3.69. The maximum Gasteiger partial charge on any atom is 0.309 e. The van der Waals surface area contributed by atoms with Gasteiger partial charge in [-0.2, -0.15) is 5.26 Å². The first-order valence-electron chi connectivity index (χ1n) is 6.59. The quantitative estimate of drug-likeness (QED) is 0.787. The van der Waals surface area contributed by atoms with Crippen molar-refractivity contribution in [2.75, 3.05) is 7.11 Å². The maximum atomic E-state index is 12.2. The van der Waals surface area contributed by atoms with E-state index in [2.05, 4.69) is 11.4 Å². The van der Waals surface area contributed by atoms with Crippen molar-refractivity contribution in [2.24, 2.45) is 17.3 Å². The average molecular weight is 266 g/mol. The molecule has 5 nitrogen and oxygen atoms in total. The van der Waals surface area contributed by atoms with E-state index in [-0.39, 0.29) is 29.1 Å². The summed E-state index contributed by atoms with van der Waals surface area (Å²) in [5, 5.41) is 11.9. The van der Waals surface area contributed by atoms with Crippen LogP contribution in [0.15, 0.2) is 0 Å². The first kappa shape index (κ1) is 15.5. The maximum absolute atomic E-state index is 12.2. The SMILES string of the molecule is COC(=O)[C@@H]1CCC[C@@H]1C(=O)N[C@@H](C#N)C(C)(C)C. The molecule has 3 atom stereocenters. The standard InChI is InChI=1S/C14H22N2O3/c1-14(2,3)11(8-15)16-12(17)9-6-5-7-10(9)13(18)19-4/h9-11H,5-7H2,1-4H3,(H,16,17)/t9-,10+,11-/m0/s1. The van der Waals surface area contributed by atoms with E-state index in [1.165, 1.54) is 7.11 Å². The van der Waals surface area contributed by atoms with Gasteiger partial charge in [0.2, 0.25) is 5.91 Å². The summed E-state index contributed by atoms with van der Waals surface area (Å²) >= 11 is 0. The van der Waals surface area contributed by atoms with E-state index in [0.29, 0.717) is 12.8 Å². The highest BCUT2D eigenvalue weighted by molar-refractivity contribution is 5.86. The Balaban J connectivity index is 2.73. The molecule has 106 valence electrons. The summed E-state index contributed by atoms with van der Waals surface area (Å²) in [4.78, 5) is 23.8. The predicted molar refractivity (Wildman–Crippen MR) is 69.8 cm³/mol. The van der Waals surface area contributed by atoms with E-state index in [1.807, 2.05) is 20.8 Å². The van der Waals surface area contributed by atoms with Gasteiger partial charge in [0.1, 0.15) is 6.04 Å². The van der Waals surface area contributed by atoms with Crippen LogP contribution in [-0.2, 0) is 14.3 Å². The van der Waals surface area contributed by atoms with E-state index in [9.17, 15) is 9.59 Å². The molecule has 19 heavy (non-hydrogen) atoms. The Bertz CT molecular complexity index is 392. The Morgan fingerprint density at radius 1 is 1.32 bits per heavy atom. The largest absolute Gasteiger partial charge is 0.469 e. The molecule has 0 aromatic carbocycles. The molecule has 0 radical (unpaired) electrons. The molecule has 5 heteroatoms. The molecule has 0 heterocycles. The lowest BCUT2D eigenvalue weighted by Gasteiger charge is -2.27. The normalized spacial score (nSPS) is 24.4. The molecule has 0 spiro atoms. The zero-order valence-corrected chi connectivity index (χ0v) is 12.0. The van der Waals surface area contributed by atoms with Crippen LogP contribution in [0.2, 0.25) is 0 Å². The molecular formula is C14H22N2O3. The van der Waals surface area contributed by atoms with Crippen LogP contribution in [0.5, 0.6) is 0 Å². The number of nitrogens with one attached hydrogen (secondary N) is 1. The minimum atomic E-state index is -0.557. The lowest BCUT2D eigenvalue weighted by Crippen LogP contribution is -2.46. The molecule has 1 aliphatic rings. The summed E-state index contributed by atoms with van der Waals surface area (Å²) in [6.45, 7) is 5.69. The molecule has 0 bridgehead atoms. The highest BCUT2D eigenvalue weighted by Crippen LogP contribution is 2.33. The van der Waals surface area contributed by atoms with E-state index in [1.54, 1.807) is 0 Å². The third-order valence-electron chi connectivity index (χ3n) is 3.64. The van der Waals surface area contributed by atoms with Crippen molar-refractivity contribution in [3.05, 3.63) is 0 Å². The lowest BCUT2D eigenvalue weighted by atomic mass is 9.86. The van der Waals surface area contributed by atoms with Crippen molar-refractivity contribution in [2.45, 2.75) is 46.1 Å². The fraction of sp³-hybridized carbons (Fsp3) is 0.786. The van der Waals surface area contributed by atoms with Crippen LogP contribution >= 0.6 is 0 Å². The molecule has 0 aromatic heterocycles. The Hall–Kier alpha value is -1.57. The molecule has 0 saturated heterocycles. The topological polar surface area (TPSA) is 79.2 Å². The fourth-order valence-corrected chi connectivity index (χ4v) is 2.40. The van der Waals surface area contributed by atoms with E-state index in [4.69, 9.17) is 10.00 Å². The highest BCUT2D eigenvalue weighted by Gasteiger charge is 2.40. The summed E-state index contributed by atoms with van der Waals surface area (Å²) in [5.41, 5.74) is -0.330. The van der Waals surface area contributed by atoms with Gasteiger partial charge in [0, 0.05) is 0 Å². The Labute approximate surface area is 114 Å². The molecule has 0 aliphatic heterocycles. The average Bonchev–Trinajstić information content (AvgIpc) is 2.82. The summed E-state index contributed by atoms with van der Waals surface area (Å²) in [6, 6.07) is 1.55. The molecule has 1 amide bonds. The number of nitriles is 1. The van der Waals surface area contributed by atoms with Crippen molar-refractivity contribution in [3.8, 4) is 6.07 Å². The number of amides is 1. The monoisotopic (exact) mass is 266 g/mol. The molecule has 1 saturated carbocycles. The number of esters is 1. The number of rotatable bonds is 3. The van der Waals surface area contributed by atoms with Crippen LogP contribution < -0.4 is 5.32 Å². The Kier molecular flexibility index (Phi) is 4.93. The number of hydrogen-bond donors (Lipinski definition) is 1. The lowest BCUT2D eigenvalue weighted by molar-refractivity contribution is -0.149. The molecular weight excluding hydrogens is 244 g/mol. The van der Waals surface area contributed by atoms with Gasteiger partial charge in [0.05, 0.1) is 25.0 Å². The highest BCUT2D eigenvalue weighted by atomic mass is 16.5. The Morgan fingerprint density at radius 3 is 2.37 bits per heavy atom. The zero-order valence-electron chi connectivity index (χ0n) is 12.0. The first-order chi connectivity index (χ1) is 8.81. The molecule has 0 unspecified atom stereocenters. The van der Waals surface area contributed by atoms with Gasteiger partial charge in [-0.25, -0.2) is 0 Å². The first-order valence-corrected chi connectivity index (χ1v) is 6.59. The van der Waals surface area contributed by atoms with Crippen LogP contribution in [0.4, 0.5) is 0 Å². The van der Waals surface area contributed by atoms with Crippen LogP contribution in [-0.4, -0.2) is 25.0 Å². The summed E-state index contributed by atoms with van der Waals surface area (Å²) in [5.74, 6) is -1.29. The predicted octanol–water partition coefficient (Wildman–Crippen LogP) is 1.63. The minimum absolute atomic E-state index is 0.214. The van der Waals surface area contributed by atoms with Gasteiger partial charge in [-0.1, -0.05) is 27.2 Å². The second-order valence-electron chi connectivity index (χ2n) is 6.10. The zero-order chi connectivity index (χ0) is 14.6. The van der Waals surface area contributed by atoms with Gasteiger partial charge >= 0.3 is 5.97 Å². The van der Waals surface area contributed by atoms with Crippen molar-refractivity contribution in [3.63, 3.8) is 0 Å². The van der Waals surface area contributed by atoms with Crippen molar-refractivity contribution < 1.29 is 14.3 Å². The van der Waals surface area contributed by atoms with Crippen LogP contribution in [0, 0.1) is 28.6 Å². The van der Waals surface area contributed by atoms with E-state index in [0.717, 1.165) is 6.42 Å². The third-order valence-corrected chi connectivity index (χ3v) is 3.64. The number of ether oxygens (including phenoxy) is 1. The van der Waals surface area contributed by atoms with Gasteiger partial charge in [-0.15, -0.1) is 0 Å². The van der Waals surface area contributed by atoms with E-state index >= 15 is 0 Å². The fourth-order valence-electron chi connectivity index (χ4n) is 2.40.